The minimum absolute atomic E-state index is 0.0134. The van der Waals surface area contributed by atoms with E-state index in [4.69, 9.17) is 18.9 Å². The van der Waals surface area contributed by atoms with Crippen molar-refractivity contribution in [1.82, 2.24) is 0 Å². The van der Waals surface area contributed by atoms with Gasteiger partial charge in [-0.1, -0.05) is 42.0 Å². The van der Waals surface area contributed by atoms with E-state index >= 15 is 0 Å². The second-order valence-electron chi connectivity index (χ2n) is 7.32. The van der Waals surface area contributed by atoms with Gasteiger partial charge in [-0.15, -0.1) is 0 Å². The Bertz CT molecular complexity index is 992. The van der Waals surface area contributed by atoms with Gasteiger partial charge in [0.1, 0.15) is 17.6 Å². The molecule has 5 rings (SSSR count). The Hall–Kier alpha value is -3.14. The molecule has 3 aromatic rings. The summed E-state index contributed by atoms with van der Waals surface area (Å²) >= 11 is 0. The highest BCUT2D eigenvalue weighted by molar-refractivity contribution is 5.56. The first kappa shape index (κ1) is 17.0. The highest BCUT2D eigenvalue weighted by Crippen LogP contribution is 2.50. The number of hydrogen-bond acceptors (Lipinski definition) is 4. The molecule has 0 bridgehead atoms. The normalized spacial score (nSPS) is 19.6. The number of aryl methyl sites for hydroxylation is 1. The van der Waals surface area contributed by atoms with Gasteiger partial charge in [-0.25, -0.2) is 0 Å². The maximum Gasteiger partial charge on any atom is 0.231 e. The highest BCUT2D eigenvalue weighted by Gasteiger charge is 2.33. The third-order valence-corrected chi connectivity index (χ3v) is 5.57. The number of methoxy groups -OCH3 is 1. The summed E-state index contributed by atoms with van der Waals surface area (Å²) in [6.45, 7) is 2.36. The molecule has 0 aromatic heterocycles. The van der Waals surface area contributed by atoms with E-state index in [1.54, 1.807) is 7.11 Å². The van der Waals surface area contributed by atoms with Crippen molar-refractivity contribution in [3.05, 3.63) is 82.9 Å². The maximum atomic E-state index is 6.42. The van der Waals surface area contributed by atoms with E-state index in [1.807, 2.05) is 18.2 Å². The minimum atomic E-state index is -0.0134. The Morgan fingerprint density at radius 2 is 1.50 bits per heavy atom. The molecule has 0 radical (unpaired) electrons. The largest absolute Gasteiger partial charge is 0.497 e. The van der Waals surface area contributed by atoms with Gasteiger partial charge in [-0.3, -0.25) is 0 Å². The monoisotopic (exact) mass is 374 g/mol. The summed E-state index contributed by atoms with van der Waals surface area (Å²) in [5, 5.41) is 0. The fourth-order valence-electron chi connectivity index (χ4n) is 3.99. The molecule has 2 atom stereocenters. The third-order valence-electron chi connectivity index (χ3n) is 5.57. The molecule has 4 heteroatoms. The van der Waals surface area contributed by atoms with Crippen LogP contribution in [0.2, 0.25) is 0 Å². The quantitative estimate of drug-likeness (QED) is 0.616. The number of hydrogen-bond donors (Lipinski definition) is 0. The highest BCUT2D eigenvalue weighted by atomic mass is 16.7. The predicted molar refractivity (Wildman–Crippen MR) is 107 cm³/mol. The van der Waals surface area contributed by atoms with Crippen molar-refractivity contribution < 1.29 is 18.9 Å². The Morgan fingerprint density at radius 3 is 2.21 bits per heavy atom. The van der Waals surface area contributed by atoms with E-state index in [2.05, 4.69) is 49.4 Å². The van der Waals surface area contributed by atoms with Gasteiger partial charge in [0.05, 0.1) is 7.11 Å². The molecule has 0 unspecified atom stereocenters. The first-order chi connectivity index (χ1) is 13.7. The zero-order valence-corrected chi connectivity index (χ0v) is 16.0. The van der Waals surface area contributed by atoms with Gasteiger partial charge < -0.3 is 18.9 Å². The lowest BCUT2D eigenvalue weighted by Crippen LogP contribution is -2.20. The average Bonchev–Trinajstić information content (AvgIpc) is 3.19. The van der Waals surface area contributed by atoms with Crippen LogP contribution in [-0.2, 0) is 0 Å². The Kier molecular flexibility index (Phi) is 4.12. The van der Waals surface area contributed by atoms with E-state index in [1.165, 1.54) is 16.7 Å². The second-order valence-corrected chi connectivity index (χ2v) is 7.32. The lowest BCUT2D eigenvalue weighted by atomic mass is 9.82. The van der Waals surface area contributed by atoms with Gasteiger partial charge >= 0.3 is 0 Å². The van der Waals surface area contributed by atoms with Crippen LogP contribution >= 0.6 is 0 Å². The number of fused-ring (bicyclic) bond motifs is 2. The van der Waals surface area contributed by atoms with Crippen LogP contribution in [0.25, 0.3) is 0 Å². The van der Waals surface area contributed by atoms with Crippen LogP contribution in [0.15, 0.2) is 60.7 Å². The molecule has 2 aliphatic rings. The topological polar surface area (TPSA) is 36.9 Å². The summed E-state index contributed by atoms with van der Waals surface area (Å²) in [5.74, 6) is 3.46. The van der Waals surface area contributed by atoms with Crippen LogP contribution < -0.4 is 18.9 Å². The van der Waals surface area contributed by atoms with Gasteiger partial charge in [-0.05, 0) is 42.7 Å². The van der Waals surface area contributed by atoms with Gasteiger partial charge in [0.25, 0.3) is 0 Å². The molecule has 0 aliphatic carbocycles. The van der Waals surface area contributed by atoms with E-state index in [0.717, 1.165) is 35.0 Å². The minimum Gasteiger partial charge on any atom is -0.497 e. The fraction of sp³-hybridized carbons (Fsp3) is 0.250. The lowest BCUT2D eigenvalue weighted by molar-refractivity contribution is 0.166. The van der Waals surface area contributed by atoms with Crippen molar-refractivity contribution in [1.29, 1.82) is 0 Å². The molecule has 0 saturated heterocycles. The molecular weight excluding hydrogens is 352 g/mol. The fourth-order valence-corrected chi connectivity index (χ4v) is 3.99. The van der Waals surface area contributed by atoms with E-state index in [0.29, 0.717) is 0 Å². The number of ether oxygens (including phenoxy) is 4. The molecule has 0 spiro atoms. The van der Waals surface area contributed by atoms with Crippen molar-refractivity contribution in [3.63, 3.8) is 0 Å². The SMILES string of the molecule is COc1ccc([C@H]2C[C@@H](c3ccc(C)cc3)Oc3cc4c(cc32)OCO4)cc1. The molecule has 0 amide bonds. The summed E-state index contributed by atoms with van der Waals surface area (Å²) in [7, 11) is 1.69. The van der Waals surface area contributed by atoms with Crippen molar-refractivity contribution in [2.45, 2.75) is 25.4 Å². The zero-order chi connectivity index (χ0) is 19.1. The van der Waals surface area contributed by atoms with Gasteiger partial charge in [0.15, 0.2) is 11.5 Å². The first-order valence-corrected chi connectivity index (χ1v) is 9.52. The summed E-state index contributed by atoms with van der Waals surface area (Å²) in [6.07, 6.45) is 0.850. The molecule has 0 saturated carbocycles. The first-order valence-electron chi connectivity index (χ1n) is 9.52. The molecule has 0 fully saturated rings. The van der Waals surface area contributed by atoms with Crippen LogP contribution in [0.3, 0.4) is 0 Å². The Balaban J connectivity index is 1.58. The third kappa shape index (κ3) is 2.95. The van der Waals surface area contributed by atoms with E-state index < -0.39 is 0 Å². The van der Waals surface area contributed by atoms with Crippen LogP contribution in [0.5, 0.6) is 23.0 Å². The van der Waals surface area contributed by atoms with Crippen LogP contribution in [-0.4, -0.2) is 13.9 Å². The summed E-state index contributed by atoms with van der Waals surface area (Å²) in [4.78, 5) is 0. The summed E-state index contributed by atoms with van der Waals surface area (Å²) in [6, 6.07) is 20.9. The molecule has 4 nitrogen and oxygen atoms in total. The van der Waals surface area contributed by atoms with E-state index in [9.17, 15) is 0 Å². The summed E-state index contributed by atoms with van der Waals surface area (Å²) in [5.41, 5.74) is 4.81. The molecule has 2 heterocycles. The van der Waals surface area contributed by atoms with Crippen LogP contribution in [0, 0.1) is 6.92 Å². The van der Waals surface area contributed by atoms with Gasteiger partial charge in [0.2, 0.25) is 6.79 Å². The second kappa shape index (κ2) is 6.79. The Morgan fingerprint density at radius 1 is 0.821 bits per heavy atom. The molecular formula is C24H22O4. The molecule has 2 aliphatic heterocycles. The lowest BCUT2D eigenvalue weighted by Gasteiger charge is -2.33. The molecule has 28 heavy (non-hydrogen) atoms. The Labute approximate surface area is 164 Å². The summed E-state index contributed by atoms with van der Waals surface area (Å²) < 4.78 is 22.9. The van der Waals surface area contributed by atoms with E-state index in [-0.39, 0.29) is 18.8 Å². The zero-order valence-electron chi connectivity index (χ0n) is 16.0. The van der Waals surface area contributed by atoms with Crippen molar-refractivity contribution in [2.24, 2.45) is 0 Å². The van der Waals surface area contributed by atoms with Crippen molar-refractivity contribution >= 4 is 0 Å². The van der Waals surface area contributed by atoms with Gasteiger partial charge in [-0.2, -0.15) is 0 Å². The standard InChI is InChI=1S/C24H22O4/c1-15-3-5-17(6-4-15)21-11-19(16-7-9-18(25-2)10-8-16)20-12-23-24(27-14-26-23)13-22(20)28-21/h3-10,12-13,19,21H,11,14H2,1-2H3/t19-,21+/m1/s1. The van der Waals surface area contributed by atoms with Crippen molar-refractivity contribution in [2.75, 3.05) is 13.9 Å². The predicted octanol–water partition coefficient (Wildman–Crippen LogP) is 5.39. The maximum absolute atomic E-state index is 6.42. The number of benzene rings is 3. The van der Waals surface area contributed by atoms with Crippen molar-refractivity contribution in [3.8, 4) is 23.0 Å². The molecule has 0 N–H and O–H groups in total. The average molecular weight is 374 g/mol. The smallest absolute Gasteiger partial charge is 0.231 e. The molecule has 142 valence electrons. The number of rotatable bonds is 3. The van der Waals surface area contributed by atoms with Crippen LogP contribution in [0.1, 0.15) is 40.7 Å². The van der Waals surface area contributed by atoms with Crippen LogP contribution in [0.4, 0.5) is 0 Å². The van der Waals surface area contributed by atoms with Gasteiger partial charge in [0, 0.05) is 17.5 Å². The molecule has 3 aromatic carbocycles.